The number of aromatic amines is 3. The lowest BCUT2D eigenvalue weighted by atomic mass is 9.65. The second-order valence-electron chi connectivity index (χ2n) is 29.6. The van der Waals surface area contributed by atoms with Gasteiger partial charge in [-0.15, -0.1) is 0 Å². The Bertz CT molecular complexity index is 5640. The van der Waals surface area contributed by atoms with Crippen LogP contribution in [0.3, 0.4) is 0 Å². The number of fused-ring (bicyclic) bond motifs is 3. The molecule has 6 aliphatic rings. The third kappa shape index (κ3) is 16.6. The zero-order valence-electron chi connectivity index (χ0n) is 64.0. The molecule has 6 aromatic heterocycles. The van der Waals surface area contributed by atoms with Gasteiger partial charge in [-0.05, 0) is 163 Å². The molecule has 5 aliphatic heterocycles. The van der Waals surface area contributed by atoms with Gasteiger partial charge in [0, 0.05) is 180 Å². The van der Waals surface area contributed by atoms with E-state index >= 15 is 0 Å². The Balaban J connectivity index is 0.000000130. The van der Waals surface area contributed by atoms with E-state index in [0.717, 1.165) is 183 Å². The summed E-state index contributed by atoms with van der Waals surface area (Å²) in [6.45, 7) is 9.28. The van der Waals surface area contributed by atoms with Gasteiger partial charge in [0.15, 0.2) is 0 Å². The van der Waals surface area contributed by atoms with E-state index in [2.05, 4.69) is 113 Å². The summed E-state index contributed by atoms with van der Waals surface area (Å²) in [6, 6.07) is 58.6. The molecule has 5 N–H and O–H groups in total. The van der Waals surface area contributed by atoms with E-state index in [1.54, 1.807) is 36.4 Å². The first kappa shape index (κ1) is 76.2. The molecule has 6 aromatic carbocycles. The van der Waals surface area contributed by atoms with Gasteiger partial charge in [-0.3, -0.25) is 24.5 Å². The first-order chi connectivity index (χ1) is 56.4. The maximum atomic E-state index is 11.8. The summed E-state index contributed by atoms with van der Waals surface area (Å²) in [5, 5.41) is 50.7. The van der Waals surface area contributed by atoms with Crippen LogP contribution in [0.25, 0.3) is 100 Å². The van der Waals surface area contributed by atoms with Crippen molar-refractivity contribution >= 4 is 55.9 Å². The number of aromatic nitrogens is 6. The van der Waals surface area contributed by atoms with E-state index in [1.807, 2.05) is 109 Å². The zero-order valence-corrected chi connectivity index (χ0v) is 64.0. The number of ether oxygens (including phenoxy) is 8. The van der Waals surface area contributed by atoms with Crippen LogP contribution in [0.15, 0.2) is 176 Å². The number of H-pyrrole nitrogens is 3. The molecule has 18 rings (SSSR count). The smallest absolute Gasteiger partial charge is 0.248 e. The lowest BCUT2D eigenvalue weighted by Crippen LogP contribution is -2.56. The minimum Gasteiger partial charge on any atom is -0.497 e. The third-order valence-corrected chi connectivity index (χ3v) is 22.4. The fourth-order valence-electron chi connectivity index (χ4n) is 16.1. The summed E-state index contributed by atoms with van der Waals surface area (Å²) in [4.78, 5) is 55.8. The number of anilines is 2. The average Bonchev–Trinajstić information content (AvgIpc) is 1.69. The number of benzene rings is 6. The Kier molecular flexibility index (Phi) is 22.7. The quantitative estimate of drug-likeness (QED) is 0.0533. The number of pyridine rings is 3. The van der Waals surface area contributed by atoms with Gasteiger partial charge >= 0.3 is 0 Å². The number of methoxy groups -OCH3 is 2. The van der Waals surface area contributed by atoms with Gasteiger partial charge in [0.1, 0.15) is 78.5 Å². The molecule has 1 saturated carbocycles. The maximum absolute atomic E-state index is 11.8. The van der Waals surface area contributed by atoms with Gasteiger partial charge in [0.2, 0.25) is 11.8 Å². The van der Waals surface area contributed by atoms with E-state index in [0.29, 0.717) is 104 Å². The topological polar surface area (TPSA) is 319 Å². The van der Waals surface area contributed by atoms with Gasteiger partial charge in [-0.25, -0.2) is 0 Å². The number of rotatable bonds is 18. The summed E-state index contributed by atoms with van der Waals surface area (Å²) in [5.74, 6) is 2.76. The molecule has 2 amide bonds. The van der Waals surface area contributed by atoms with Crippen LogP contribution in [0.1, 0.15) is 55.2 Å². The van der Waals surface area contributed by atoms with Gasteiger partial charge in [-0.1, -0.05) is 18.2 Å². The van der Waals surface area contributed by atoms with Crippen molar-refractivity contribution in [1.29, 1.82) is 15.8 Å². The number of nitrogens with zero attached hydrogens (tertiary/aromatic N) is 10. The Morgan fingerprint density at radius 2 is 0.835 bits per heavy atom. The molecule has 0 radical (unpaired) electrons. The van der Waals surface area contributed by atoms with Gasteiger partial charge in [0.05, 0.1) is 93.3 Å². The Labute approximate surface area is 664 Å². The molecule has 5 saturated heterocycles. The van der Waals surface area contributed by atoms with Crippen LogP contribution in [0, 0.1) is 39.4 Å². The fraction of sp³-hybridized carbons (Fsp3) is 0.311. The molecule has 25 heteroatoms. The van der Waals surface area contributed by atoms with E-state index in [9.17, 15) is 25.4 Å². The van der Waals surface area contributed by atoms with E-state index in [1.165, 1.54) is 5.69 Å². The van der Waals surface area contributed by atoms with Crippen molar-refractivity contribution in [1.82, 2.24) is 39.7 Å². The van der Waals surface area contributed by atoms with E-state index in [4.69, 9.17) is 48.1 Å². The molecule has 6 fully saturated rings. The van der Waals surface area contributed by atoms with Crippen LogP contribution < -0.4 is 33.5 Å². The summed E-state index contributed by atoms with van der Waals surface area (Å²) in [5.41, 5.74) is 18.0. The van der Waals surface area contributed by atoms with Gasteiger partial charge in [0.25, 0.3) is 0 Å². The SMILES string of the molecule is COc1cc(-c2cc3c(-c4ccc(OC5CCN(C(=O)CO)CC5)c(C#N)c4)nccc3[nH]2)ccc1N1CCOCC1.COc1ccc(-c2cc3c(-c4ccc(OC5CCN(C(=O)CO)CC5)c(C#N)c4)nccc3[nH]2)cc1.N#Cc1cc(-c2nccc3[nH]c(-c4ccc(N5CCOCC5)cc4)cc23)ccc1OC1CC2(COC2)C1. The minimum absolute atomic E-state index is 0.0935. The van der Waals surface area contributed by atoms with Gasteiger partial charge < -0.3 is 82.7 Å². The van der Waals surface area contributed by atoms with Crippen molar-refractivity contribution < 1.29 is 57.7 Å². The highest BCUT2D eigenvalue weighted by atomic mass is 16.5. The van der Waals surface area contributed by atoms with Crippen LogP contribution in [0.4, 0.5) is 11.4 Å². The number of aliphatic hydroxyl groups is 2. The normalized spacial score (nSPS) is 16.3. The molecular weight excluding hydrogens is 1460 g/mol. The summed E-state index contributed by atoms with van der Waals surface area (Å²) >= 11 is 0. The van der Waals surface area contributed by atoms with Crippen LogP contribution in [0.5, 0.6) is 28.7 Å². The maximum Gasteiger partial charge on any atom is 0.248 e. The lowest BCUT2D eigenvalue weighted by Gasteiger charge is -2.52. The number of morpholine rings is 2. The number of nitrogens with one attached hydrogen (secondary N) is 3. The number of carbonyl (C=O) groups is 2. The largest absolute Gasteiger partial charge is 0.497 e. The van der Waals surface area contributed by atoms with Crippen LogP contribution >= 0.6 is 0 Å². The second kappa shape index (κ2) is 34.3. The molecule has 25 nitrogen and oxygen atoms in total. The highest BCUT2D eigenvalue weighted by molar-refractivity contribution is 5.99. The fourth-order valence-corrected chi connectivity index (χ4v) is 16.1. The predicted octanol–water partition coefficient (Wildman–Crippen LogP) is 13.3. The number of carbonyl (C=O) groups excluding carboxylic acids is 2. The number of aliphatic hydroxyl groups excluding tert-OH is 2. The van der Waals surface area contributed by atoms with Crippen molar-refractivity contribution in [2.45, 2.75) is 56.8 Å². The Morgan fingerprint density at radius 3 is 1.23 bits per heavy atom. The van der Waals surface area contributed by atoms with Crippen molar-refractivity contribution in [2.75, 3.05) is 129 Å². The highest BCUT2D eigenvalue weighted by Crippen LogP contribution is 2.49. The van der Waals surface area contributed by atoms with Gasteiger partial charge in [-0.2, -0.15) is 15.8 Å². The van der Waals surface area contributed by atoms with Crippen molar-refractivity contribution in [3.05, 3.63) is 193 Å². The van der Waals surface area contributed by atoms with Crippen molar-refractivity contribution in [3.8, 4) is 114 Å². The minimum atomic E-state index is -0.482. The Hall–Kier alpha value is -12.8. The monoisotopic (exact) mass is 1540 g/mol. The molecule has 0 unspecified atom stereocenters. The molecule has 1 spiro atoms. The zero-order chi connectivity index (χ0) is 78.9. The summed E-state index contributed by atoms with van der Waals surface area (Å²) in [6.07, 6.45) is 9.87. The number of piperidine rings is 2. The number of likely N-dealkylation sites (tertiary alicyclic amines) is 2. The first-order valence-electron chi connectivity index (χ1n) is 38.9. The molecule has 11 heterocycles. The first-order valence-corrected chi connectivity index (χ1v) is 38.9. The predicted molar refractivity (Wildman–Crippen MR) is 436 cm³/mol. The van der Waals surface area contributed by atoms with E-state index in [-0.39, 0.29) is 30.1 Å². The molecular formula is C90H87N13O12. The third-order valence-electron chi connectivity index (χ3n) is 22.4. The molecule has 12 aromatic rings. The number of hydrogen-bond acceptors (Lipinski definition) is 20. The van der Waals surface area contributed by atoms with Crippen molar-refractivity contribution in [3.63, 3.8) is 0 Å². The lowest BCUT2D eigenvalue weighted by molar-refractivity contribution is -0.191. The van der Waals surface area contributed by atoms with Crippen LogP contribution in [0.2, 0.25) is 0 Å². The number of nitriles is 3. The summed E-state index contributed by atoms with van der Waals surface area (Å²) in [7, 11) is 3.34. The summed E-state index contributed by atoms with van der Waals surface area (Å²) < 4.78 is 45.9. The average molecular weight is 1540 g/mol. The Morgan fingerprint density at radius 1 is 0.443 bits per heavy atom. The molecule has 1 aliphatic carbocycles. The molecule has 0 bridgehead atoms. The second-order valence-corrected chi connectivity index (χ2v) is 29.6. The molecule has 0 atom stereocenters. The standard InChI is InChI=1S/C32H33N5O5.C30H28N4O3.C28H26N4O4/c1-40-30-17-21(2-4-28(30)36-12-14-41-15-13-36)27-18-25-26(35-27)6-9-34-32(25)22-3-5-29(23(16-22)19-33)42-24-7-10-37(11-8-24)31(39)20-38;31-17-22-13-21(3-6-28(22)37-24-15-30(16-24)18-36-19-30)29-25-14-27(33-26(25)7-8-32-29)20-1-4-23(5-2-20)34-9-11-35-12-10-34;1-35-21-5-2-18(3-6-21)25-15-23-24(31-25)8-11-30-28(23)19-4-7-26(20(14-19)16-29)36-22-9-12-32(13-10-22)27(34)17-33/h2-6,9,16-18,24,35,38H,7-8,10-15,20H2,1H3;1-8,13-14,24,33H,9-12,15-16,18-19H2;2-8,11,14-15,22,31,33H,9-10,12-13,17H2,1H3. The molecule has 584 valence electrons. The van der Waals surface area contributed by atoms with Crippen molar-refractivity contribution in [2.24, 2.45) is 5.41 Å². The highest BCUT2D eigenvalue weighted by Gasteiger charge is 2.51. The number of amides is 2. The van der Waals surface area contributed by atoms with E-state index < -0.39 is 13.2 Å². The number of hydrogen-bond donors (Lipinski definition) is 5. The molecule has 115 heavy (non-hydrogen) atoms. The van der Waals surface area contributed by atoms with Crippen LogP contribution in [-0.2, 0) is 23.8 Å². The van der Waals surface area contributed by atoms with Crippen LogP contribution in [-0.4, -0.2) is 199 Å².